The number of hydrogen-bond acceptors (Lipinski definition) is 4. The summed E-state index contributed by atoms with van der Waals surface area (Å²) in [5.74, 6) is 0. The molecule has 0 unspecified atom stereocenters. The van der Waals surface area contributed by atoms with Gasteiger partial charge < -0.3 is 10.1 Å². The van der Waals surface area contributed by atoms with Crippen LogP contribution in [0.2, 0.25) is 0 Å². The Morgan fingerprint density at radius 2 is 2.11 bits per heavy atom. The van der Waals surface area contributed by atoms with Crippen molar-refractivity contribution in [3.8, 4) is 6.07 Å². The molecule has 3 nitrogen and oxygen atoms in total. The van der Waals surface area contributed by atoms with Gasteiger partial charge in [0.15, 0.2) is 0 Å². The monoisotopic (exact) mass is 272 g/mol. The van der Waals surface area contributed by atoms with Crippen LogP contribution >= 0.6 is 11.3 Å². The molecule has 4 heteroatoms. The Labute approximate surface area is 117 Å². The summed E-state index contributed by atoms with van der Waals surface area (Å²) in [4.78, 5) is 1.18. The zero-order valence-electron chi connectivity index (χ0n) is 10.8. The smallest absolute Gasteiger partial charge is 0.100 e. The van der Waals surface area contributed by atoms with E-state index in [9.17, 15) is 0 Å². The van der Waals surface area contributed by atoms with E-state index < -0.39 is 0 Å². The number of nitriles is 1. The first-order chi connectivity index (χ1) is 9.31. The summed E-state index contributed by atoms with van der Waals surface area (Å²) in [5.41, 5.74) is 3.17. The number of hydrogen-bond donors (Lipinski definition) is 1. The predicted octanol–water partition coefficient (Wildman–Crippen LogP) is 3.06. The second kappa shape index (κ2) is 7.05. The summed E-state index contributed by atoms with van der Waals surface area (Å²) in [7, 11) is 1.70. The molecule has 0 bridgehead atoms. The number of thiophene rings is 1. The number of nitrogens with one attached hydrogen (secondary N) is 1. The highest BCUT2D eigenvalue weighted by atomic mass is 32.1. The van der Waals surface area contributed by atoms with Crippen LogP contribution in [-0.4, -0.2) is 7.11 Å². The molecule has 0 aliphatic carbocycles. The Kier molecular flexibility index (Phi) is 5.10. The fraction of sp³-hybridized carbons (Fsp3) is 0.267. The van der Waals surface area contributed by atoms with E-state index in [2.05, 4.69) is 29.6 Å². The van der Waals surface area contributed by atoms with E-state index in [4.69, 9.17) is 10.00 Å². The van der Waals surface area contributed by atoms with Crippen LogP contribution in [0.3, 0.4) is 0 Å². The van der Waals surface area contributed by atoms with Gasteiger partial charge >= 0.3 is 0 Å². The molecule has 1 aromatic carbocycles. The van der Waals surface area contributed by atoms with Gasteiger partial charge in [0.1, 0.15) is 6.07 Å². The third kappa shape index (κ3) is 4.18. The van der Waals surface area contributed by atoms with Gasteiger partial charge in [0.25, 0.3) is 0 Å². The topological polar surface area (TPSA) is 45.0 Å². The highest BCUT2D eigenvalue weighted by molar-refractivity contribution is 7.10. The lowest BCUT2D eigenvalue weighted by molar-refractivity contribution is 0.185. The van der Waals surface area contributed by atoms with Crippen molar-refractivity contribution in [1.82, 2.24) is 5.32 Å². The van der Waals surface area contributed by atoms with Gasteiger partial charge in [-0.25, -0.2) is 0 Å². The van der Waals surface area contributed by atoms with Crippen molar-refractivity contribution < 1.29 is 4.74 Å². The lowest BCUT2D eigenvalue weighted by Gasteiger charge is -2.06. The van der Waals surface area contributed by atoms with E-state index in [0.717, 1.165) is 18.7 Å². The number of methoxy groups -OCH3 is 1. The Balaban J connectivity index is 1.85. The van der Waals surface area contributed by atoms with Gasteiger partial charge in [-0.05, 0) is 17.2 Å². The third-order valence-electron chi connectivity index (χ3n) is 2.71. The van der Waals surface area contributed by atoms with Crippen molar-refractivity contribution in [2.24, 2.45) is 0 Å². The van der Waals surface area contributed by atoms with E-state index in [1.807, 2.05) is 17.5 Å². The zero-order chi connectivity index (χ0) is 13.5. The minimum Gasteiger partial charge on any atom is -0.380 e. The molecule has 2 rings (SSSR count). The van der Waals surface area contributed by atoms with Gasteiger partial charge in [0.2, 0.25) is 0 Å². The first-order valence-corrected chi connectivity index (χ1v) is 6.95. The number of benzene rings is 1. The molecule has 0 fully saturated rings. The number of ether oxygens (including phenoxy) is 1. The molecule has 1 N–H and O–H groups in total. The van der Waals surface area contributed by atoms with Crippen molar-refractivity contribution in [1.29, 1.82) is 5.26 Å². The molecule has 0 radical (unpaired) electrons. The molecular formula is C15H16N2OS. The fourth-order valence-corrected chi connectivity index (χ4v) is 2.64. The fourth-order valence-electron chi connectivity index (χ4n) is 1.86. The van der Waals surface area contributed by atoms with Gasteiger partial charge in [-0.2, -0.15) is 5.26 Å². The first-order valence-electron chi connectivity index (χ1n) is 6.07. The molecule has 0 aliphatic rings. The maximum absolute atomic E-state index is 8.76. The van der Waals surface area contributed by atoms with Gasteiger partial charge in [-0.1, -0.05) is 24.3 Å². The van der Waals surface area contributed by atoms with E-state index >= 15 is 0 Å². The Hall–Kier alpha value is -1.67. The molecule has 1 heterocycles. The van der Waals surface area contributed by atoms with Crippen LogP contribution in [0.1, 0.15) is 21.6 Å². The largest absolute Gasteiger partial charge is 0.380 e. The Morgan fingerprint density at radius 3 is 2.84 bits per heavy atom. The van der Waals surface area contributed by atoms with Crippen LogP contribution in [0.15, 0.2) is 35.7 Å². The quantitative estimate of drug-likeness (QED) is 0.879. The van der Waals surface area contributed by atoms with Crippen molar-refractivity contribution in [3.05, 3.63) is 57.3 Å². The normalized spacial score (nSPS) is 10.3. The lowest BCUT2D eigenvalue weighted by atomic mass is 10.1. The molecule has 0 saturated heterocycles. The minimum absolute atomic E-state index is 0.643. The Bertz CT molecular complexity index is 572. The molecule has 1 aromatic heterocycles. The summed E-state index contributed by atoms with van der Waals surface area (Å²) in [5, 5.41) is 14.0. The lowest BCUT2D eigenvalue weighted by Crippen LogP contribution is -2.11. The van der Waals surface area contributed by atoms with Crippen LogP contribution in [-0.2, 0) is 24.4 Å². The van der Waals surface area contributed by atoms with Gasteiger partial charge in [0.05, 0.1) is 12.2 Å². The van der Waals surface area contributed by atoms with E-state index in [-0.39, 0.29) is 0 Å². The average Bonchev–Trinajstić information content (AvgIpc) is 2.88. The minimum atomic E-state index is 0.643. The molecule has 98 valence electrons. The van der Waals surface area contributed by atoms with Gasteiger partial charge in [-0.3, -0.25) is 0 Å². The standard InChI is InChI=1S/C15H16N2OS/c1-18-10-13-4-2-3-12(5-13)8-17-9-15-6-14(7-16)11-19-15/h2-6,11,17H,8-10H2,1H3. The molecule has 0 aliphatic heterocycles. The number of rotatable bonds is 6. The average molecular weight is 272 g/mol. The van der Waals surface area contributed by atoms with Crippen LogP contribution in [0.4, 0.5) is 0 Å². The van der Waals surface area contributed by atoms with Gasteiger partial charge in [-0.15, -0.1) is 11.3 Å². The van der Waals surface area contributed by atoms with Crippen molar-refractivity contribution >= 4 is 11.3 Å². The molecular weight excluding hydrogens is 256 g/mol. The summed E-state index contributed by atoms with van der Waals surface area (Å²) in [6.07, 6.45) is 0. The molecule has 0 amide bonds. The second-order valence-corrected chi connectivity index (χ2v) is 5.27. The highest BCUT2D eigenvalue weighted by Crippen LogP contribution is 2.13. The van der Waals surface area contributed by atoms with E-state index in [0.29, 0.717) is 6.61 Å². The van der Waals surface area contributed by atoms with Crippen LogP contribution in [0.25, 0.3) is 0 Å². The summed E-state index contributed by atoms with van der Waals surface area (Å²) in [6.45, 7) is 2.25. The summed E-state index contributed by atoms with van der Waals surface area (Å²) >= 11 is 1.62. The van der Waals surface area contributed by atoms with Crippen LogP contribution in [0, 0.1) is 11.3 Å². The molecule has 19 heavy (non-hydrogen) atoms. The third-order valence-corrected chi connectivity index (χ3v) is 3.65. The molecule has 0 saturated carbocycles. The zero-order valence-corrected chi connectivity index (χ0v) is 11.7. The van der Waals surface area contributed by atoms with Crippen molar-refractivity contribution in [2.75, 3.05) is 7.11 Å². The van der Waals surface area contributed by atoms with Crippen molar-refractivity contribution in [3.63, 3.8) is 0 Å². The SMILES string of the molecule is COCc1cccc(CNCc2cc(C#N)cs2)c1. The van der Waals surface area contributed by atoms with Crippen LogP contribution in [0.5, 0.6) is 0 Å². The molecule has 0 spiro atoms. The molecule has 2 aromatic rings. The number of nitrogens with zero attached hydrogens (tertiary/aromatic N) is 1. The maximum atomic E-state index is 8.76. The summed E-state index contributed by atoms with van der Waals surface area (Å²) < 4.78 is 5.12. The first kappa shape index (κ1) is 13.8. The van der Waals surface area contributed by atoms with Gasteiger partial charge in [0, 0.05) is 30.5 Å². The second-order valence-electron chi connectivity index (χ2n) is 4.27. The van der Waals surface area contributed by atoms with E-state index in [1.165, 1.54) is 16.0 Å². The predicted molar refractivity (Wildman–Crippen MR) is 76.7 cm³/mol. The maximum Gasteiger partial charge on any atom is 0.100 e. The van der Waals surface area contributed by atoms with Crippen molar-refractivity contribution in [2.45, 2.75) is 19.7 Å². The molecule has 0 atom stereocenters. The van der Waals surface area contributed by atoms with Crippen LogP contribution < -0.4 is 5.32 Å². The highest BCUT2D eigenvalue weighted by Gasteiger charge is 2.00. The summed E-state index contributed by atoms with van der Waals surface area (Å²) in [6, 6.07) is 12.4. The Morgan fingerprint density at radius 1 is 1.26 bits per heavy atom. The van der Waals surface area contributed by atoms with E-state index in [1.54, 1.807) is 18.4 Å².